The van der Waals surface area contributed by atoms with Crippen molar-refractivity contribution in [1.82, 2.24) is 19.2 Å². The Morgan fingerprint density at radius 2 is 2.37 bits per heavy atom. The molecule has 19 heavy (non-hydrogen) atoms. The van der Waals surface area contributed by atoms with Crippen LogP contribution in [0, 0.1) is 10.1 Å². The minimum Gasteiger partial charge on any atom is -0.358 e. The number of aromatic nitrogens is 4. The van der Waals surface area contributed by atoms with Gasteiger partial charge in [0.1, 0.15) is 6.20 Å². The number of fused-ring (bicyclic) bond motifs is 1. The molecule has 0 bridgehead atoms. The molecule has 3 aromatic rings. The Bertz CT molecular complexity index is 742. The van der Waals surface area contributed by atoms with E-state index in [4.69, 9.17) is 0 Å². The fourth-order valence-electron chi connectivity index (χ4n) is 1.80. The first kappa shape index (κ1) is 11.7. The summed E-state index contributed by atoms with van der Waals surface area (Å²) in [6.07, 6.45) is 3.45. The van der Waals surface area contributed by atoms with Crippen molar-refractivity contribution >= 4 is 27.9 Å². The van der Waals surface area contributed by atoms with Gasteiger partial charge in [0.05, 0.1) is 12.2 Å². The van der Waals surface area contributed by atoms with E-state index in [-0.39, 0.29) is 11.6 Å². The third kappa shape index (κ3) is 2.03. The fraction of sp³-hybridized carbons (Fsp3) is 0.200. The van der Waals surface area contributed by atoms with Crippen molar-refractivity contribution in [1.29, 1.82) is 0 Å². The van der Waals surface area contributed by atoms with E-state index in [2.05, 4.69) is 15.4 Å². The number of nitro groups is 1. The van der Waals surface area contributed by atoms with Gasteiger partial charge in [0.15, 0.2) is 0 Å². The first-order chi connectivity index (χ1) is 9.15. The molecule has 0 fully saturated rings. The summed E-state index contributed by atoms with van der Waals surface area (Å²) in [5.74, 6) is 0.217. The van der Waals surface area contributed by atoms with Crippen LogP contribution < -0.4 is 5.32 Å². The van der Waals surface area contributed by atoms with Crippen LogP contribution in [0.2, 0.25) is 0 Å². The van der Waals surface area contributed by atoms with Gasteiger partial charge in [0, 0.05) is 18.6 Å². The van der Waals surface area contributed by atoms with Crippen LogP contribution in [0.25, 0.3) is 4.96 Å². The largest absolute Gasteiger partial charge is 0.372 e. The SMILES string of the molecule is Cn1ccc(CNc2nc3sccn3c2[N+](=O)[O-])n1. The van der Waals surface area contributed by atoms with E-state index in [1.165, 1.54) is 15.7 Å². The molecule has 0 saturated heterocycles. The summed E-state index contributed by atoms with van der Waals surface area (Å²) in [6.45, 7) is 0.395. The molecule has 0 spiro atoms. The first-order valence-corrected chi connectivity index (χ1v) is 6.35. The molecule has 0 aliphatic heterocycles. The smallest absolute Gasteiger partial charge is 0.358 e. The molecule has 0 atom stereocenters. The van der Waals surface area contributed by atoms with Gasteiger partial charge in [-0.25, -0.2) is 0 Å². The Morgan fingerprint density at radius 3 is 3.05 bits per heavy atom. The van der Waals surface area contributed by atoms with Gasteiger partial charge in [-0.05, 0) is 11.0 Å². The van der Waals surface area contributed by atoms with Crippen LogP contribution in [0.3, 0.4) is 0 Å². The monoisotopic (exact) mass is 278 g/mol. The highest BCUT2D eigenvalue weighted by atomic mass is 32.1. The lowest BCUT2D eigenvalue weighted by Crippen LogP contribution is -2.04. The van der Waals surface area contributed by atoms with E-state index >= 15 is 0 Å². The number of anilines is 1. The predicted octanol–water partition coefficient (Wildman–Crippen LogP) is 1.65. The van der Waals surface area contributed by atoms with Crippen molar-refractivity contribution in [2.75, 3.05) is 5.32 Å². The molecule has 0 radical (unpaired) electrons. The van der Waals surface area contributed by atoms with Crippen LogP contribution >= 0.6 is 11.3 Å². The predicted molar refractivity (Wildman–Crippen MR) is 70.3 cm³/mol. The normalized spacial score (nSPS) is 11.0. The molecular formula is C10H10N6O2S. The molecule has 0 aliphatic carbocycles. The first-order valence-electron chi connectivity index (χ1n) is 5.47. The molecule has 98 valence electrons. The maximum atomic E-state index is 11.1. The van der Waals surface area contributed by atoms with Crippen LogP contribution in [0.4, 0.5) is 11.6 Å². The van der Waals surface area contributed by atoms with Crippen LogP contribution in [-0.4, -0.2) is 24.1 Å². The number of thiazole rings is 1. The second-order valence-corrected chi connectivity index (χ2v) is 4.80. The Balaban J connectivity index is 1.89. The zero-order valence-corrected chi connectivity index (χ0v) is 10.8. The van der Waals surface area contributed by atoms with Crippen molar-refractivity contribution in [3.8, 4) is 0 Å². The number of aryl methyl sites for hydroxylation is 1. The van der Waals surface area contributed by atoms with E-state index in [0.717, 1.165) is 5.69 Å². The van der Waals surface area contributed by atoms with Gasteiger partial charge >= 0.3 is 5.82 Å². The third-order valence-electron chi connectivity index (χ3n) is 2.62. The van der Waals surface area contributed by atoms with Gasteiger partial charge in [-0.3, -0.25) is 4.68 Å². The highest BCUT2D eigenvalue weighted by Crippen LogP contribution is 2.28. The number of hydrogen-bond acceptors (Lipinski definition) is 6. The number of hydrogen-bond donors (Lipinski definition) is 1. The standard InChI is InChI=1S/C10H10N6O2S/c1-14-3-2-7(13-14)6-11-8-9(16(17)18)15-4-5-19-10(15)12-8/h2-5,11H,6H2,1H3. The lowest BCUT2D eigenvalue weighted by molar-refractivity contribution is -0.389. The Morgan fingerprint density at radius 1 is 1.53 bits per heavy atom. The maximum Gasteiger partial charge on any atom is 0.372 e. The minimum atomic E-state index is -0.437. The van der Waals surface area contributed by atoms with Crippen molar-refractivity contribution in [3.05, 3.63) is 39.6 Å². The minimum absolute atomic E-state index is 0.0489. The average Bonchev–Trinajstić information content (AvgIpc) is 3.00. The molecule has 0 amide bonds. The topological polar surface area (TPSA) is 90.3 Å². The molecule has 3 rings (SSSR count). The molecule has 3 heterocycles. The zero-order valence-electron chi connectivity index (χ0n) is 9.98. The second kappa shape index (κ2) is 4.35. The van der Waals surface area contributed by atoms with Crippen LogP contribution in [0.15, 0.2) is 23.8 Å². The van der Waals surface area contributed by atoms with Gasteiger partial charge in [-0.1, -0.05) is 11.3 Å². The molecular weight excluding hydrogens is 268 g/mol. The summed E-state index contributed by atoms with van der Waals surface area (Å²) < 4.78 is 3.14. The molecule has 0 aliphatic rings. The van der Waals surface area contributed by atoms with E-state index in [1.54, 1.807) is 16.3 Å². The molecule has 9 heteroatoms. The maximum absolute atomic E-state index is 11.1. The van der Waals surface area contributed by atoms with Crippen LogP contribution in [-0.2, 0) is 13.6 Å². The van der Waals surface area contributed by atoms with Crippen molar-refractivity contribution < 1.29 is 4.92 Å². The highest BCUT2D eigenvalue weighted by Gasteiger charge is 2.23. The highest BCUT2D eigenvalue weighted by molar-refractivity contribution is 7.15. The van der Waals surface area contributed by atoms with Gasteiger partial charge < -0.3 is 15.4 Å². The Labute approximate surface area is 111 Å². The fourth-order valence-corrected chi connectivity index (χ4v) is 2.51. The van der Waals surface area contributed by atoms with Gasteiger partial charge in [0.2, 0.25) is 5.82 Å². The van der Waals surface area contributed by atoms with E-state index in [9.17, 15) is 10.1 Å². The molecule has 0 aromatic carbocycles. The number of rotatable bonds is 4. The molecule has 0 saturated carbocycles. The lowest BCUT2D eigenvalue weighted by Gasteiger charge is -2.00. The van der Waals surface area contributed by atoms with Gasteiger partial charge in [-0.15, -0.1) is 0 Å². The number of nitrogens with one attached hydrogen (secondary N) is 1. The van der Waals surface area contributed by atoms with E-state index < -0.39 is 4.92 Å². The molecule has 8 nitrogen and oxygen atoms in total. The van der Waals surface area contributed by atoms with Crippen LogP contribution in [0.5, 0.6) is 0 Å². The van der Waals surface area contributed by atoms with Crippen molar-refractivity contribution in [2.45, 2.75) is 6.54 Å². The zero-order chi connectivity index (χ0) is 13.4. The van der Waals surface area contributed by atoms with Crippen molar-refractivity contribution in [2.24, 2.45) is 7.05 Å². The van der Waals surface area contributed by atoms with Crippen molar-refractivity contribution in [3.63, 3.8) is 0 Å². The Kier molecular flexibility index (Phi) is 2.67. The summed E-state index contributed by atoms with van der Waals surface area (Å²) in [5, 5.41) is 20.0. The summed E-state index contributed by atoms with van der Waals surface area (Å²) >= 11 is 1.35. The molecule has 0 unspecified atom stereocenters. The summed E-state index contributed by atoms with van der Waals surface area (Å²) in [4.78, 5) is 15.5. The molecule has 3 aromatic heterocycles. The lowest BCUT2D eigenvalue weighted by atomic mass is 10.4. The summed E-state index contributed by atoms with van der Waals surface area (Å²) in [7, 11) is 1.82. The van der Waals surface area contributed by atoms with Gasteiger partial charge in [0.25, 0.3) is 4.96 Å². The third-order valence-corrected chi connectivity index (χ3v) is 3.37. The second-order valence-electron chi connectivity index (χ2n) is 3.93. The Hall–Kier alpha value is -2.42. The van der Waals surface area contributed by atoms with E-state index in [1.807, 2.05) is 19.3 Å². The van der Waals surface area contributed by atoms with E-state index in [0.29, 0.717) is 11.5 Å². The number of nitrogens with zero attached hydrogens (tertiary/aromatic N) is 5. The quantitative estimate of drug-likeness (QED) is 0.579. The number of imidazole rings is 1. The summed E-state index contributed by atoms with van der Waals surface area (Å²) in [6, 6.07) is 1.84. The molecule has 1 N–H and O–H groups in total. The summed E-state index contributed by atoms with van der Waals surface area (Å²) in [5.41, 5.74) is 0.799. The average molecular weight is 278 g/mol. The van der Waals surface area contributed by atoms with Crippen LogP contribution in [0.1, 0.15) is 5.69 Å². The van der Waals surface area contributed by atoms with Gasteiger partial charge in [-0.2, -0.15) is 14.5 Å².